The normalized spacial score (nSPS) is 28.6. The van der Waals surface area contributed by atoms with Crippen LogP contribution in [0.3, 0.4) is 0 Å². The van der Waals surface area contributed by atoms with Crippen molar-refractivity contribution in [3.63, 3.8) is 0 Å². The van der Waals surface area contributed by atoms with E-state index in [2.05, 4.69) is 32.9 Å². The zero-order chi connectivity index (χ0) is 26.3. The van der Waals surface area contributed by atoms with Gasteiger partial charge < -0.3 is 14.6 Å². The molecule has 1 aromatic rings. The SMILES string of the molecule is CCOC(=O)C1=C[C@]23C(=O)c4cc(F)cc(F)c4O[C@H]2C[C@@]1(CC/C=C(\C)CCC=C(C)C)C[C@@H]3O. The number of ketones is 1. The second kappa shape index (κ2) is 9.92. The Morgan fingerprint density at radius 2 is 1.94 bits per heavy atom. The molecule has 1 aromatic carbocycles. The van der Waals surface area contributed by atoms with Crippen LogP contribution in [0.5, 0.6) is 5.75 Å². The molecule has 0 amide bonds. The molecule has 1 saturated carbocycles. The zero-order valence-corrected chi connectivity index (χ0v) is 21.3. The number of allylic oxidation sites excluding steroid dienone is 4. The van der Waals surface area contributed by atoms with E-state index in [1.165, 1.54) is 17.2 Å². The highest BCUT2D eigenvalue weighted by atomic mass is 19.1. The van der Waals surface area contributed by atoms with Gasteiger partial charge in [-0.25, -0.2) is 13.6 Å². The van der Waals surface area contributed by atoms with Crippen molar-refractivity contribution < 1.29 is 33.0 Å². The zero-order valence-electron chi connectivity index (χ0n) is 21.3. The summed E-state index contributed by atoms with van der Waals surface area (Å²) in [5.74, 6) is -3.33. The summed E-state index contributed by atoms with van der Waals surface area (Å²) < 4.78 is 39.8. The Labute approximate surface area is 210 Å². The average molecular weight is 501 g/mol. The molecule has 1 aliphatic heterocycles. The first-order valence-electron chi connectivity index (χ1n) is 12.6. The number of aliphatic hydroxyl groups is 1. The quantitative estimate of drug-likeness (QED) is 0.350. The summed E-state index contributed by atoms with van der Waals surface area (Å²) in [6, 6.07) is 1.61. The molecule has 3 aliphatic carbocycles. The fourth-order valence-electron chi connectivity index (χ4n) is 6.00. The van der Waals surface area contributed by atoms with E-state index >= 15 is 0 Å². The molecule has 2 bridgehead atoms. The van der Waals surface area contributed by atoms with E-state index in [0.717, 1.165) is 18.9 Å². The van der Waals surface area contributed by atoms with Crippen LogP contribution in [0, 0.1) is 22.5 Å². The fourth-order valence-corrected chi connectivity index (χ4v) is 6.00. The van der Waals surface area contributed by atoms with Crippen molar-refractivity contribution in [2.75, 3.05) is 6.61 Å². The number of rotatable bonds is 8. The molecule has 0 radical (unpaired) electrons. The number of aliphatic hydroxyl groups excluding tert-OH is 1. The first kappa shape index (κ1) is 26.3. The molecule has 4 atom stereocenters. The van der Waals surface area contributed by atoms with Crippen molar-refractivity contribution in [1.29, 1.82) is 0 Å². The molecule has 36 heavy (non-hydrogen) atoms. The minimum atomic E-state index is -1.59. The molecule has 0 unspecified atom stereocenters. The molecular weight excluding hydrogens is 466 g/mol. The van der Waals surface area contributed by atoms with Gasteiger partial charge in [-0.2, -0.15) is 0 Å². The number of hydrogen-bond donors (Lipinski definition) is 1. The van der Waals surface area contributed by atoms with E-state index in [1.54, 1.807) is 6.92 Å². The minimum Gasteiger partial charge on any atom is -0.485 e. The second-order valence-electron chi connectivity index (χ2n) is 10.5. The van der Waals surface area contributed by atoms with E-state index in [1.807, 2.05) is 0 Å². The van der Waals surface area contributed by atoms with E-state index in [4.69, 9.17) is 9.47 Å². The predicted molar refractivity (Wildman–Crippen MR) is 132 cm³/mol. The number of carbonyl (C=O) groups is 2. The molecule has 1 heterocycles. The molecule has 7 heteroatoms. The maximum atomic E-state index is 14.6. The van der Waals surface area contributed by atoms with E-state index in [0.29, 0.717) is 24.5 Å². The Morgan fingerprint density at radius 3 is 2.64 bits per heavy atom. The third-order valence-electron chi connectivity index (χ3n) is 7.81. The van der Waals surface area contributed by atoms with Crippen LogP contribution in [0.4, 0.5) is 8.78 Å². The minimum absolute atomic E-state index is 0.165. The number of halogens is 2. The van der Waals surface area contributed by atoms with E-state index in [9.17, 15) is 23.5 Å². The van der Waals surface area contributed by atoms with Crippen LogP contribution in [-0.2, 0) is 9.53 Å². The number of Topliss-reactive ketones (excluding diaryl/α,β-unsaturated/α-hetero) is 1. The van der Waals surface area contributed by atoms with Crippen molar-refractivity contribution in [3.05, 3.63) is 64.3 Å². The lowest BCUT2D eigenvalue weighted by molar-refractivity contribution is -0.146. The highest BCUT2D eigenvalue weighted by Crippen LogP contribution is 2.62. The van der Waals surface area contributed by atoms with E-state index < -0.39 is 46.4 Å². The van der Waals surface area contributed by atoms with Crippen LogP contribution in [0.25, 0.3) is 0 Å². The molecule has 5 rings (SSSR count). The second-order valence-corrected chi connectivity index (χ2v) is 10.5. The van der Waals surface area contributed by atoms with Crippen LogP contribution >= 0.6 is 0 Å². The van der Waals surface area contributed by atoms with Gasteiger partial charge in [-0.15, -0.1) is 0 Å². The Balaban J connectivity index is 1.70. The summed E-state index contributed by atoms with van der Waals surface area (Å²) >= 11 is 0. The van der Waals surface area contributed by atoms with Crippen LogP contribution in [-0.4, -0.2) is 35.7 Å². The summed E-state index contributed by atoms with van der Waals surface area (Å²) in [6.07, 6.45) is 7.28. The van der Waals surface area contributed by atoms with Crippen LogP contribution in [0.1, 0.15) is 76.6 Å². The monoisotopic (exact) mass is 500 g/mol. The molecular formula is C29H34F2O5. The molecule has 0 aromatic heterocycles. The molecule has 1 N–H and O–H groups in total. The van der Waals surface area contributed by atoms with Crippen molar-refractivity contribution in [2.45, 2.75) is 78.4 Å². The van der Waals surface area contributed by atoms with Gasteiger partial charge in [0.15, 0.2) is 17.3 Å². The fraction of sp³-hybridized carbons (Fsp3) is 0.517. The third kappa shape index (κ3) is 4.42. The average Bonchev–Trinajstić information content (AvgIpc) is 2.79. The summed E-state index contributed by atoms with van der Waals surface area (Å²) in [6.45, 7) is 8.08. The van der Waals surface area contributed by atoms with Crippen molar-refractivity contribution >= 4 is 11.8 Å². The highest BCUT2D eigenvalue weighted by Gasteiger charge is 2.67. The number of carbonyl (C=O) groups excluding carboxylic acids is 2. The Kier molecular flexibility index (Phi) is 7.24. The summed E-state index contributed by atoms with van der Waals surface area (Å²) in [7, 11) is 0. The van der Waals surface area contributed by atoms with Crippen LogP contribution in [0.2, 0.25) is 0 Å². The van der Waals surface area contributed by atoms with Gasteiger partial charge in [-0.05, 0) is 72.3 Å². The van der Waals surface area contributed by atoms with Crippen molar-refractivity contribution in [3.8, 4) is 5.75 Å². The summed E-state index contributed by atoms with van der Waals surface area (Å²) in [5, 5.41) is 11.3. The van der Waals surface area contributed by atoms with Gasteiger partial charge in [-0.3, -0.25) is 4.79 Å². The van der Waals surface area contributed by atoms with Crippen molar-refractivity contribution in [1.82, 2.24) is 0 Å². The first-order valence-corrected chi connectivity index (χ1v) is 12.6. The molecule has 1 spiro atoms. The summed E-state index contributed by atoms with van der Waals surface area (Å²) in [5.41, 5.74) is 0.214. The topological polar surface area (TPSA) is 72.8 Å². The number of hydrogen-bond acceptors (Lipinski definition) is 5. The number of fused-ring (bicyclic) bond motifs is 2. The van der Waals surface area contributed by atoms with Gasteiger partial charge in [0.1, 0.15) is 17.3 Å². The lowest BCUT2D eigenvalue weighted by Crippen LogP contribution is -2.65. The third-order valence-corrected chi connectivity index (χ3v) is 7.81. The number of esters is 1. The van der Waals surface area contributed by atoms with Crippen LogP contribution in [0.15, 0.2) is 47.1 Å². The predicted octanol–water partition coefficient (Wildman–Crippen LogP) is 6.01. The molecule has 1 fully saturated rings. The molecule has 4 aliphatic rings. The smallest absolute Gasteiger partial charge is 0.334 e. The van der Waals surface area contributed by atoms with Gasteiger partial charge in [0, 0.05) is 17.1 Å². The Morgan fingerprint density at radius 1 is 1.19 bits per heavy atom. The van der Waals surface area contributed by atoms with Gasteiger partial charge in [-0.1, -0.05) is 29.4 Å². The number of benzene rings is 1. The molecule has 5 nitrogen and oxygen atoms in total. The van der Waals surface area contributed by atoms with Gasteiger partial charge in [0.25, 0.3) is 0 Å². The van der Waals surface area contributed by atoms with Gasteiger partial charge >= 0.3 is 5.97 Å². The lowest BCUT2D eigenvalue weighted by atomic mass is 9.48. The molecule has 194 valence electrons. The maximum absolute atomic E-state index is 14.6. The largest absolute Gasteiger partial charge is 0.485 e. The van der Waals surface area contributed by atoms with E-state index in [-0.39, 0.29) is 30.8 Å². The first-order chi connectivity index (χ1) is 17.0. The lowest BCUT2D eigenvalue weighted by Gasteiger charge is -2.58. The molecule has 0 saturated heterocycles. The Hall–Kier alpha value is -2.80. The highest BCUT2D eigenvalue weighted by molar-refractivity contribution is 6.07. The van der Waals surface area contributed by atoms with Crippen molar-refractivity contribution in [2.24, 2.45) is 10.8 Å². The maximum Gasteiger partial charge on any atom is 0.334 e. The van der Waals surface area contributed by atoms with Gasteiger partial charge in [0.05, 0.1) is 18.3 Å². The summed E-state index contributed by atoms with van der Waals surface area (Å²) in [4.78, 5) is 26.7. The van der Waals surface area contributed by atoms with Crippen LogP contribution < -0.4 is 4.74 Å². The Bertz CT molecular complexity index is 1160. The number of ether oxygens (including phenoxy) is 2. The van der Waals surface area contributed by atoms with Gasteiger partial charge in [0.2, 0.25) is 0 Å². The standard InChI is InChI=1S/C29H34F2O5/c1-5-35-27(34)21-14-29-23(32)15-28(21,11-7-10-18(4)9-6-8-17(2)3)16-24(29)36-25-20(26(29)33)12-19(30)13-22(25)31/h8,10,12-14,23-24,32H,5-7,9,11,15-16H2,1-4H3/b18-10+/t23-,24-,28+,29+/m0/s1.